The van der Waals surface area contributed by atoms with Gasteiger partial charge in [0, 0.05) is 32.2 Å². The van der Waals surface area contributed by atoms with E-state index in [0.29, 0.717) is 0 Å². The first-order chi connectivity index (χ1) is 6.79. The molecule has 2 rings (SSSR count). The second-order valence-corrected chi connectivity index (χ2v) is 4.93. The Morgan fingerprint density at radius 3 is 2.79 bits per heavy atom. The molecule has 0 amide bonds. The van der Waals surface area contributed by atoms with Gasteiger partial charge in [-0.2, -0.15) is 0 Å². The summed E-state index contributed by atoms with van der Waals surface area (Å²) in [6.07, 6.45) is 4.29. The van der Waals surface area contributed by atoms with Crippen LogP contribution in [0.1, 0.15) is 19.3 Å². The molecule has 3 nitrogen and oxygen atoms in total. The van der Waals surface area contributed by atoms with Gasteiger partial charge >= 0.3 is 0 Å². The molecule has 1 heterocycles. The van der Waals surface area contributed by atoms with E-state index in [9.17, 15) is 0 Å². The van der Waals surface area contributed by atoms with Gasteiger partial charge in [-0.15, -0.1) is 0 Å². The SMILES string of the molecule is CN(CCN)CC1CCN(C2CC2)C1. The quantitative estimate of drug-likeness (QED) is 0.691. The van der Waals surface area contributed by atoms with Crippen LogP contribution in [-0.2, 0) is 0 Å². The maximum absolute atomic E-state index is 5.54. The zero-order chi connectivity index (χ0) is 9.97. The van der Waals surface area contributed by atoms with Gasteiger partial charge in [0.25, 0.3) is 0 Å². The van der Waals surface area contributed by atoms with Crippen LogP contribution in [0, 0.1) is 5.92 Å². The zero-order valence-electron chi connectivity index (χ0n) is 9.28. The van der Waals surface area contributed by atoms with Crippen molar-refractivity contribution in [3.05, 3.63) is 0 Å². The maximum atomic E-state index is 5.54. The standard InChI is InChI=1S/C11H23N3/c1-13(7-5-12)8-10-4-6-14(9-10)11-2-3-11/h10-11H,2-9,12H2,1H3. The number of nitrogens with two attached hydrogens (primary N) is 1. The van der Waals surface area contributed by atoms with Crippen LogP contribution < -0.4 is 5.73 Å². The van der Waals surface area contributed by atoms with Crippen molar-refractivity contribution in [2.45, 2.75) is 25.3 Å². The molecule has 2 N–H and O–H groups in total. The fraction of sp³-hybridized carbons (Fsp3) is 1.00. The number of likely N-dealkylation sites (tertiary alicyclic amines) is 1. The van der Waals surface area contributed by atoms with E-state index in [0.717, 1.165) is 25.0 Å². The molecule has 0 bridgehead atoms. The molecule has 2 fully saturated rings. The lowest BCUT2D eigenvalue weighted by Gasteiger charge is -2.20. The van der Waals surface area contributed by atoms with E-state index in [1.54, 1.807) is 0 Å². The third kappa shape index (κ3) is 2.69. The Labute approximate surface area is 87.2 Å². The summed E-state index contributed by atoms with van der Waals surface area (Å²) in [6, 6.07) is 0.958. The van der Waals surface area contributed by atoms with E-state index in [1.807, 2.05) is 0 Å². The number of rotatable bonds is 5. The Morgan fingerprint density at radius 1 is 1.36 bits per heavy atom. The Hall–Kier alpha value is -0.120. The van der Waals surface area contributed by atoms with E-state index in [1.165, 1.54) is 38.9 Å². The first-order valence-corrected chi connectivity index (χ1v) is 5.92. The molecule has 1 unspecified atom stereocenters. The van der Waals surface area contributed by atoms with Gasteiger partial charge in [0.1, 0.15) is 0 Å². The van der Waals surface area contributed by atoms with Gasteiger partial charge in [0.15, 0.2) is 0 Å². The summed E-state index contributed by atoms with van der Waals surface area (Å²) in [5.41, 5.74) is 5.54. The number of likely N-dealkylation sites (N-methyl/N-ethyl adjacent to an activating group) is 1. The smallest absolute Gasteiger partial charge is 0.0102 e. The van der Waals surface area contributed by atoms with Crippen LogP contribution in [0.2, 0.25) is 0 Å². The van der Waals surface area contributed by atoms with Crippen LogP contribution in [0.5, 0.6) is 0 Å². The minimum Gasteiger partial charge on any atom is -0.329 e. The van der Waals surface area contributed by atoms with Crippen molar-refractivity contribution in [3.8, 4) is 0 Å². The van der Waals surface area contributed by atoms with Gasteiger partial charge in [0.05, 0.1) is 0 Å². The predicted molar refractivity (Wildman–Crippen MR) is 59.3 cm³/mol. The monoisotopic (exact) mass is 197 g/mol. The summed E-state index contributed by atoms with van der Waals surface area (Å²) in [4.78, 5) is 5.06. The van der Waals surface area contributed by atoms with Crippen LogP contribution in [-0.4, -0.2) is 55.6 Å². The molecule has 0 aromatic carbocycles. The molecule has 1 aliphatic carbocycles. The van der Waals surface area contributed by atoms with Gasteiger partial charge in [-0.1, -0.05) is 0 Å². The van der Waals surface area contributed by atoms with Crippen LogP contribution in [0.4, 0.5) is 0 Å². The lowest BCUT2D eigenvalue weighted by Crippen LogP contribution is -2.32. The van der Waals surface area contributed by atoms with Crippen molar-refractivity contribution < 1.29 is 0 Å². The first kappa shape index (κ1) is 10.4. The lowest BCUT2D eigenvalue weighted by atomic mass is 10.1. The Bertz CT molecular complexity index is 179. The third-order valence-electron chi connectivity index (χ3n) is 3.46. The highest BCUT2D eigenvalue weighted by molar-refractivity contribution is 4.90. The van der Waals surface area contributed by atoms with Crippen LogP contribution in [0.3, 0.4) is 0 Å². The molecule has 3 heteroatoms. The van der Waals surface area contributed by atoms with Crippen molar-refractivity contribution in [2.75, 3.05) is 39.8 Å². The fourth-order valence-electron chi connectivity index (χ4n) is 2.54. The molecule has 2 aliphatic rings. The highest BCUT2D eigenvalue weighted by Gasteiger charge is 2.34. The molecule has 14 heavy (non-hydrogen) atoms. The van der Waals surface area contributed by atoms with E-state index in [4.69, 9.17) is 5.73 Å². The first-order valence-electron chi connectivity index (χ1n) is 5.92. The van der Waals surface area contributed by atoms with Gasteiger partial charge < -0.3 is 15.5 Å². The zero-order valence-corrected chi connectivity index (χ0v) is 9.28. The fourth-order valence-corrected chi connectivity index (χ4v) is 2.54. The molecule has 82 valence electrons. The van der Waals surface area contributed by atoms with E-state index >= 15 is 0 Å². The molecule has 0 aromatic rings. The summed E-state index contributed by atoms with van der Waals surface area (Å²) < 4.78 is 0. The summed E-state index contributed by atoms with van der Waals surface area (Å²) >= 11 is 0. The van der Waals surface area contributed by atoms with Gasteiger partial charge in [-0.3, -0.25) is 0 Å². The van der Waals surface area contributed by atoms with Crippen molar-refractivity contribution >= 4 is 0 Å². The maximum Gasteiger partial charge on any atom is 0.0102 e. The molecule has 0 aromatic heterocycles. The summed E-state index contributed by atoms with van der Waals surface area (Å²) in [5, 5.41) is 0. The molecule has 0 spiro atoms. The number of nitrogens with zero attached hydrogens (tertiary/aromatic N) is 2. The lowest BCUT2D eigenvalue weighted by molar-refractivity contribution is 0.263. The van der Waals surface area contributed by atoms with E-state index in [-0.39, 0.29) is 0 Å². The largest absolute Gasteiger partial charge is 0.329 e. The second kappa shape index (κ2) is 4.60. The molecule has 1 saturated heterocycles. The molecule has 1 aliphatic heterocycles. The minimum absolute atomic E-state index is 0.787. The summed E-state index contributed by atoms with van der Waals surface area (Å²) in [5.74, 6) is 0.896. The van der Waals surface area contributed by atoms with Crippen LogP contribution in [0.25, 0.3) is 0 Å². The Balaban J connectivity index is 1.67. The average molecular weight is 197 g/mol. The molecular formula is C11H23N3. The Kier molecular flexibility index (Phi) is 3.42. The third-order valence-corrected chi connectivity index (χ3v) is 3.46. The van der Waals surface area contributed by atoms with Crippen LogP contribution >= 0.6 is 0 Å². The second-order valence-electron chi connectivity index (χ2n) is 4.93. The van der Waals surface area contributed by atoms with Crippen molar-refractivity contribution in [2.24, 2.45) is 11.7 Å². The minimum atomic E-state index is 0.787. The van der Waals surface area contributed by atoms with Crippen molar-refractivity contribution in [3.63, 3.8) is 0 Å². The molecular weight excluding hydrogens is 174 g/mol. The summed E-state index contributed by atoms with van der Waals surface area (Å²) in [7, 11) is 2.19. The van der Waals surface area contributed by atoms with Crippen LogP contribution in [0.15, 0.2) is 0 Å². The van der Waals surface area contributed by atoms with Gasteiger partial charge in [-0.25, -0.2) is 0 Å². The van der Waals surface area contributed by atoms with Crippen molar-refractivity contribution in [1.29, 1.82) is 0 Å². The molecule has 1 atom stereocenters. The topological polar surface area (TPSA) is 32.5 Å². The summed E-state index contributed by atoms with van der Waals surface area (Å²) in [6.45, 7) is 5.74. The van der Waals surface area contributed by atoms with Crippen molar-refractivity contribution in [1.82, 2.24) is 9.80 Å². The highest BCUT2D eigenvalue weighted by Crippen LogP contribution is 2.31. The van der Waals surface area contributed by atoms with E-state index < -0.39 is 0 Å². The Morgan fingerprint density at radius 2 is 2.14 bits per heavy atom. The van der Waals surface area contributed by atoms with Gasteiger partial charge in [0.2, 0.25) is 0 Å². The number of hydrogen-bond acceptors (Lipinski definition) is 3. The predicted octanol–water partition coefficient (Wildman–Crippen LogP) is 0.361. The average Bonchev–Trinajstić information content (AvgIpc) is 2.89. The number of hydrogen-bond donors (Lipinski definition) is 1. The normalized spacial score (nSPS) is 28.9. The van der Waals surface area contributed by atoms with Gasteiger partial charge in [-0.05, 0) is 38.8 Å². The molecule has 0 radical (unpaired) electrons. The highest BCUT2D eigenvalue weighted by atomic mass is 15.2. The van der Waals surface area contributed by atoms with E-state index in [2.05, 4.69) is 16.8 Å². The molecule has 1 saturated carbocycles.